The van der Waals surface area contributed by atoms with Gasteiger partial charge in [0.05, 0.1) is 18.5 Å². The second-order valence-electron chi connectivity index (χ2n) is 8.05. The number of amides is 2. The molecule has 4 rings (SSSR count). The van der Waals surface area contributed by atoms with Gasteiger partial charge < -0.3 is 15.1 Å². The van der Waals surface area contributed by atoms with Crippen molar-refractivity contribution in [1.82, 2.24) is 20.4 Å². The van der Waals surface area contributed by atoms with E-state index in [0.29, 0.717) is 19.5 Å². The first-order valence-corrected chi connectivity index (χ1v) is 12.8. The highest BCUT2D eigenvalue weighted by Crippen LogP contribution is 2.22. The summed E-state index contributed by atoms with van der Waals surface area (Å²) in [4.78, 5) is 25.5. The number of hydrogen-bond donors (Lipinski definition) is 2. The van der Waals surface area contributed by atoms with Crippen LogP contribution in [-0.4, -0.2) is 39.6 Å². The van der Waals surface area contributed by atoms with Crippen molar-refractivity contribution in [2.75, 3.05) is 12.0 Å². The van der Waals surface area contributed by atoms with Crippen molar-refractivity contribution in [1.29, 1.82) is 0 Å². The van der Waals surface area contributed by atoms with E-state index in [2.05, 4.69) is 22.8 Å². The molecule has 0 saturated heterocycles. The first-order chi connectivity index (χ1) is 17.1. The Morgan fingerprint density at radius 1 is 1.03 bits per heavy atom. The molecule has 2 aromatic carbocycles. The largest absolute Gasteiger partial charge is 0.459 e. The molecule has 0 spiro atoms. The van der Waals surface area contributed by atoms with E-state index in [-0.39, 0.29) is 11.7 Å². The summed E-state index contributed by atoms with van der Waals surface area (Å²) >= 11 is 1.62. The third-order valence-corrected chi connectivity index (χ3v) is 6.15. The Kier molecular flexibility index (Phi) is 8.40. The number of furan rings is 1. The van der Waals surface area contributed by atoms with Gasteiger partial charge in [0.15, 0.2) is 5.76 Å². The molecule has 0 saturated carbocycles. The highest BCUT2D eigenvalue weighted by molar-refractivity contribution is 7.98. The average Bonchev–Trinajstić information content (AvgIpc) is 3.57. The van der Waals surface area contributed by atoms with Crippen LogP contribution in [-0.2, 0) is 17.9 Å². The van der Waals surface area contributed by atoms with E-state index < -0.39 is 11.9 Å². The normalized spacial score (nSPS) is 11.7. The lowest BCUT2D eigenvalue weighted by Crippen LogP contribution is -2.46. The van der Waals surface area contributed by atoms with Crippen molar-refractivity contribution in [3.05, 3.63) is 102 Å². The average molecular weight is 489 g/mol. The van der Waals surface area contributed by atoms with Gasteiger partial charge in [0.25, 0.3) is 5.91 Å². The fourth-order valence-electron chi connectivity index (χ4n) is 3.73. The summed E-state index contributed by atoms with van der Waals surface area (Å²) in [5, 5.41) is 10.6. The van der Waals surface area contributed by atoms with Crippen LogP contribution in [0.2, 0.25) is 0 Å². The zero-order valence-electron chi connectivity index (χ0n) is 19.5. The molecule has 0 aliphatic rings. The number of carbonyl (C=O) groups excluding carboxylic acids is 2. The molecule has 2 heterocycles. The quantitative estimate of drug-likeness (QED) is 0.328. The molecule has 0 aliphatic carbocycles. The molecule has 0 fully saturated rings. The van der Waals surface area contributed by atoms with Gasteiger partial charge in [0.1, 0.15) is 6.04 Å². The van der Waals surface area contributed by atoms with Crippen LogP contribution in [0, 0.1) is 0 Å². The van der Waals surface area contributed by atoms with Crippen LogP contribution < -0.4 is 10.6 Å². The van der Waals surface area contributed by atoms with E-state index in [0.717, 1.165) is 28.1 Å². The maximum atomic E-state index is 13.1. The lowest BCUT2D eigenvalue weighted by Gasteiger charge is -2.17. The summed E-state index contributed by atoms with van der Waals surface area (Å²) in [7, 11) is 0. The summed E-state index contributed by atoms with van der Waals surface area (Å²) in [5.74, 6) is 0.270. The number of thioether (sulfide) groups is 1. The molecule has 0 unspecified atom stereocenters. The predicted octanol–water partition coefficient (Wildman–Crippen LogP) is 4.36. The SMILES string of the molecule is CSCC[C@H](NC(=O)c1ccco1)C(=O)NCc1cn(Cc2ccccc2)nc1-c1ccccc1. The molecule has 4 aromatic rings. The number of aromatic nitrogens is 2. The highest BCUT2D eigenvalue weighted by Gasteiger charge is 2.23. The second-order valence-corrected chi connectivity index (χ2v) is 9.04. The number of benzene rings is 2. The van der Waals surface area contributed by atoms with Crippen LogP contribution in [0.5, 0.6) is 0 Å². The number of nitrogens with zero attached hydrogens (tertiary/aromatic N) is 2. The fourth-order valence-corrected chi connectivity index (χ4v) is 4.20. The molecule has 7 nitrogen and oxygen atoms in total. The number of carbonyl (C=O) groups is 2. The van der Waals surface area contributed by atoms with Crippen molar-refractivity contribution in [2.45, 2.75) is 25.6 Å². The molecular weight excluding hydrogens is 460 g/mol. The minimum Gasteiger partial charge on any atom is -0.459 e. The van der Waals surface area contributed by atoms with E-state index in [9.17, 15) is 9.59 Å². The lowest BCUT2D eigenvalue weighted by molar-refractivity contribution is -0.123. The summed E-state index contributed by atoms with van der Waals surface area (Å²) in [6.07, 6.45) is 5.88. The Labute approximate surface area is 208 Å². The molecule has 8 heteroatoms. The second kappa shape index (κ2) is 12.1. The van der Waals surface area contributed by atoms with Crippen molar-refractivity contribution < 1.29 is 14.0 Å². The molecule has 35 heavy (non-hydrogen) atoms. The Hall–Kier alpha value is -3.78. The zero-order chi connectivity index (χ0) is 24.5. The number of hydrogen-bond acceptors (Lipinski definition) is 5. The fraction of sp³-hybridized carbons (Fsp3) is 0.222. The van der Waals surface area contributed by atoms with Crippen molar-refractivity contribution in [2.24, 2.45) is 0 Å². The van der Waals surface area contributed by atoms with E-state index in [1.165, 1.54) is 6.26 Å². The summed E-state index contributed by atoms with van der Waals surface area (Å²) in [6, 6.07) is 22.6. The van der Waals surface area contributed by atoms with E-state index >= 15 is 0 Å². The summed E-state index contributed by atoms with van der Waals surface area (Å²) in [6.45, 7) is 0.925. The Morgan fingerprint density at radius 3 is 2.46 bits per heavy atom. The van der Waals surface area contributed by atoms with Gasteiger partial charge in [-0.15, -0.1) is 0 Å². The minimum atomic E-state index is -0.667. The highest BCUT2D eigenvalue weighted by atomic mass is 32.2. The molecule has 0 bridgehead atoms. The Morgan fingerprint density at radius 2 is 1.77 bits per heavy atom. The Balaban J connectivity index is 1.50. The monoisotopic (exact) mass is 488 g/mol. The molecular formula is C27H28N4O3S. The van der Waals surface area contributed by atoms with Gasteiger partial charge in [-0.05, 0) is 36.1 Å². The first kappa shape index (κ1) is 24.3. The molecule has 2 N–H and O–H groups in total. The molecule has 1 atom stereocenters. The van der Waals surface area contributed by atoms with Crippen molar-refractivity contribution in [3.8, 4) is 11.3 Å². The predicted molar refractivity (Wildman–Crippen MR) is 138 cm³/mol. The van der Waals surface area contributed by atoms with Gasteiger partial charge in [-0.2, -0.15) is 16.9 Å². The van der Waals surface area contributed by atoms with Crippen LogP contribution in [0.1, 0.15) is 28.1 Å². The van der Waals surface area contributed by atoms with Gasteiger partial charge in [-0.3, -0.25) is 14.3 Å². The third-order valence-electron chi connectivity index (χ3n) is 5.50. The van der Waals surface area contributed by atoms with Gasteiger partial charge in [-0.1, -0.05) is 60.7 Å². The summed E-state index contributed by atoms with van der Waals surface area (Å²) < 4.78 is 7.06. The lowest BCUT2D eigenvalue weighted by atomic mass is 10.1. The van der Waals surface area contributed by atoms with Crippen LogP contribution in [0.15, 0.2) is 89.7 Å². The van der Waals surface area contributed by atoms with Crippen LogP contribution in [0.25, 0.3) is 11.3 Å². The minimum absolute atomic E-state index is 0.181. The Bertz CT molecular complexity index is 1220. The third kappa shape index (κ3) is 6.64. The summed E-state index contributed by atoms with van der Waals surface area (Å²) in [5.41, 5.74) is 3.85. The van der Waals surface area contributed by atoms with Crippen LogP contribution >= 0.6 is 11.8 Å². The number of rotatable bonds is 11. The van der Waals surface area contributed by atoms with Crippen molar-refractivity contribution >= 4 is 23.6 Å². The zero-order valence-corrected chi connectivity index (χ0v) is 20.3. The van der Waals surface area contributed by atoms with E-state index in [1.807, 2.05) is 65.7 Å². The van der Waals surface area contributed by atoms with Crippen molar-refractivity contribution in [3.63, 3.8) is 0 Å². The topological polar surface area (TPSA) is 89.2 Å². The standard InChI is InChI=1S/C27H28N4O3S/c1-35-16-14-23(29-27(33)24-13-8-15-34-24)26(32)28-17-22-19-31(18-20-9-4-2-5-10-20)30-25(22)21-11-6-3-7-12-21/h2-13,15,19,23H,14,16-18H2,1H3,(H,28,32)(H,29,33)/t23-/m0/s1. The first-order valence-electron chi connectivity index (χ1n) is 11.4. The molecule has 180 valence electrons. The van der Waals surface area contributed by atoms with Crippen LogP contribution in [0.4, 0.5) is 0 Å². The van der Waals surface area contributed by atoms with E-state index in [1.54, 1.807) is 23.9 Å². The van der Waals surface area contributed by atoms with E-state index in [4.69, 9.17) is 9.52 Å². The molecule has 2 amide bonds. The molecule has 0 radical (unpaired) electrons. The smallest absolute Gasteiger partial charge is 0.287 e. The van der Waals surface area contributed by atoms with Crippen LogP contribution in [0.3, 0.4) is 0 Å². The van der Waals surface area contributed by atoms with Gasteiger partial charge in [0, 0.05) is 23.9 Å². The van der Waals surface area contributed by atoms with Gasteiger partial charge >= 0.3 is 0 Å². The molecule has 2 aromatic heterocycles. The number of nitrogens with one attached hydrogen (secondary N) is 2. The maximum Gasteiger partial charge on any atom is 0.287 e. The maximum absolute atomic E-state index is 13.1. The molecule has 0 aliphatic heterocycles. The van der Waals surface area contributed by atoms with Gasteiger partial charge in [-0.25, -0.2) is 0 Å². The van der Waals surface area contributed by atoms with Gasteiger partial charge in [0.2, 0.25) is 5.91 Å².